The van der Waals surface area contributed by atoms with Crippen LogP contribution >= 0.6 is 0 Å². The molecule has 2 aromatic rings. The van der Waals surface area contributed by atoms with Crippen molar-refractivity contribution in [3.63, 3.8) is 0 Å². The van der Waals surface area contributed by atoms with E-state index in [-0.39, 0.29) is 29.7 Å². The van der Waals surface area contributed by atoms with Gasteiger partial charge in [-0.25, -0.2) is 9.10 Å². The lowest BCUT2D eigenvalue weighted by molar-refractivity contribution is -0.151. The van der Waals surface area contributed by atoms with Gasteiger partial charge in [0.1, 0.15) is 5.78 Å². The Morgan fingerprint density at radius 2 is 1.78 bits per heavy atom. The lowest BCUT2D eigenvalue weighted by atomic mass is 9.59. The van der Waals surface area contributed by atoms with Crippen LogP contribution in [0, 0.1) is 23.7 Å². The molecule has 0 spiro atoms. The quantitative estimate of drug-likeness (QED) is 0.729. The number of ketones is 1. The number of Topliss-reactive ketones (excluding diaryl/α,β-unsaturated/α-hetero) is 1. The zero-order valence-corrected chi connectivity index (χ0v) is 18.7. The summed E-state index contributed by atoms with van der Waals surface area (Å²) in [4.78, 5) is 24.9. The molecule has 0 radical (unpaired) electrons. The first-order valence-electron chi connectivity index (χ1n) is 10.5. The van der Waals surface area contributed by atoms with Crippen molar-refractivity contribution in [3.05, 3.63) is 47.5 Å². The van der Waals surface area contributed by atoms with Gasteiger partial charge in [0.2, 0.25) is 0 Å². The zero-order valence-electron chi connectivity index (χ0n) is 17.9. The maximum atomic E-state index is 13.5. The molecule has 2 N–H and O–H groups in total. The molecule has 1 heterocycles. The normalized spacial score (nSPS) is 29.2. The molecule has 5 atom stereocenters. The fraction of sp³-hybridized carbons (Fsp3) is 0.391. The van der Waals surface area contributed by atoms with Crippen LogP contribution in [0.15, 0.2) is 47.5 Å². The SMILES string of the molecule is C[C@@H](O)[C@H]1C(=O)C2C(C(=O)O)=C(CN3c4cccc5cccc(c45)N(C)S3(=O)=O)[C@H](C)[C@@H]21. The van der Waals surface area contributed by atoms with Crippen LogP contribution < -0.4 is 8.61 Å². The molecule has 2 aliphatic carbocycles. The molecule has 168 valence electrons. The van der Waals surface area contributed by atoms with Gasteiger partial charge >= 0.3 is 16.2 Å². The molecule has 1 aliphatic heterocycles. The highest BCUT2D eigenvalue weighted by atomic mass is 32.2. The average Bonchev–Trinajstić information content (AvgIpc) is 2.97. The molecule has 2 aromatic carbocycles. The minimum atomic E-state index is -3.97. The number of carbonyl (C=O) groups excluding carboxylic acids is 1. The molecule has 5 rings (SSSR count). The van der Waals surface area contributed by atoms with Gasteiger partial charge in [0.05, 0.1) is 29.9 Å². The third kappa shape index (κ3) is 2.55. The molecule has 1 saturated carbocycles. The van der Waals surface area contributed by atoms with E-state index in [1.165, 1.54) is 22.6 Å². The van der Waals surface area contributed by atoms with Crippen molar-refractivity contribution < 1.29 is 28.2 Å². The smallest absolute Gasteiger partial charge is 0.332 e. The van der Waals surface area contributed by atoms with E-state index >= 15 is 0 Å². The monoisotopic (exact) mass is 456 g/mol. The molecule has 0 bridgehead atoms. The van der Waals surface area contributed by atoms with Crippen LogP contribution in [0.2, 0.25) is 0 Å². The molecule has 1 unspecified atom stereocenters. The minimum Gasteiger partial charge on any atom is -0.478 e. The number of fused-ring (bicyclic) bond motifs is 1. The second-order valence-electron chi connectivity index (χ2n) is 8.89. The standard InChI is InChI=1S/C23H24N2O6S/c1-11-14(20(23(28)29)21-17(11)18(12(2)26)22(21)27)10-25-16-9-5-7-13-6-4-8-15(19(13)16)24(3)32(25,30)31/h4-9,11-12,17-18,21,26H,10H2,1-3H3,(H,28,29)/t11-,12+,17+,18+,21?/m0/s1. The summed E-state index contributed by atoms with van der Waals surface area (Å²) in [6.07, 6.45) is -0.883. The summed E-state index contributed by atoms with van der Waals surface area (Å²) in [6.45, 7) is 3.20. The maximum absolute atomic E-state index is 13.5. The van der Waals surface area contributed by atoms with Crippen LogP contribution in [-0.2, 0) is 19.8 Å². The van der Waals surface area contributed by atoms with Crippen molar-refractivity contribution in [3.8, 4) is 0 Å². The van der Waals surface area contributed by atoms with Crippen LogP contribution in [0.1, 0.15) is 13.8 Å². The van der Waals surface area contributed by atoms with Crippen molar-refractivity contribution >= 4 is 44.1 Å². The number of aliphatic carboxylic acids is 1. The van der Waals surface area contributed by atoms with Crippen molar-refractivity contribution in [2.45, 2.75) is 20.0 Å². The zero-order chi connectivity index (χ0) is 23.1. The maximum Gasteiger partial charge on any atom is 0.332 e. The van der Waals surface area contributed by atoms with Gasteiger partial charge in [-0.3, -0.25) is 9.10 Å². The van der Waals surface area contributed by atoms with E-state index in [0.29, 0.717) is 16.9 Å². The van der Waals surface area contributed by atoms with Crippen LogP contribution in [0.4, 0.5) is 11.4 Å². The third-order valence-electron chi connectivity index (χ3n) is 7.38. The van der Waals surface area contributed by atoms with Gasteiger partial charge in [0.25, 0.3) is 0 Å². The molecular weight excluding hydrogens is 432 g/mol. The average molecular weight is 457 g/mol. The van der Waals surface area contributed by atoms with Crippen molar-refractivity contribution in [2.75, 3.05) is 22.2 Å². The Balaban J connectivity index is 1.66. The topological polar surface area (TPSA) is 115 Å². The van der Waals surface area contributed by atoms with Gasteiger partial charge in [-0.05, 0) is 41.9 Å². The number of hydrogen-bond acceptors (Lipinski definition) is 5. The minimum absolute atomic E-state index is 0.0201. The fourth-order valence-electron chi connectivity index (χ4n) is 5.84. The lowest BCUT2D eigenvalue weighted by Crippen LogP contribution is -2.53. The number of anilines is 2. The number of aliphatic hydroxyl groups excluding tert-OH is 1. The number of carbonyl (C=O) groups is 2. The predicted molar refractivity (Wildman–Crippen MR) is 120 cm³/mol. The largest absolute Gasteiger partial charge is 0.478 e. The summed E-state index contributed by atoms with van der Waals surface area (Å²) < 4.78 is 29.4. The Morgan fingerprint density at radius 1 is 1.16 bits per heavy atom. The Labute approximate surface area is 185 Å². The van der Waals surface area contributed by atoms with E-state index < -0.39 is 34.1 Å². The Morgan fingerprint density at radius 3 is 2.38 bits per heavy atom. The summed E-state index contributed by atoms with van der Waals surface area (Å²) in [6, 6.07) is 10.8. The summed E-state index contributed by atoms with van der Waals surface area (Å²) >= 11 is 0. The van der Waals surface area contributed by atoms with E-state index in [4.69, 9.17) is 0 Å². The molecule has 3 aliphatic rings. The Hall–Kier alpha value is -2.91. The van der Waals surface area contributed by atoms with Crippen molar-refractivity contribution in [1.82, 2.24) is 0 Å². The van der Waals surface area contributed by atoms with E-state index in [1.807, 2.05) is 19.1 Å². The van der Waals surface area contributed by atoms with Gasteiger partial charge in [0.15, 0.2) is 0 Å². The Bertz CT molecular complexity index is 1310. The van der Waals surface area contributed by atoms with Crippen LogP contribution in [0.3, 0.4) is 0 Å². The van der Waals surface area contributed by atoms with Gasteiger partial charge in [-0.1, -0.05) is 31.2 Å². The van der Waals surface area contributed by atoms with E-state index in [1.54, 1.807) is 24.3 Å². The first-order valence-corrected chi connectivity index (χ1v) is 11.9. The summed E-state index contributed by atoms with van der Waals surface area (Å²) in [5, 5.41) is 21.7. The summed E-state index contributed by atoms with van der Waals surface area (Å²) in [5.41, 5.74) is 1.45. The molecule has 0 amide bonds. The van der Waals surface area contributed by atoms with E-state index in [0.717, 1.165) is 10.8 Å². The van der Waals surface area contributed by atoms with Crippen LogP contribution in [0.5, 0.6) is 0 Å². The lowest BCUT2D eigenvalue weighted by Gasteiger charge is -2.43. The van der Waals surface area contributed by atoms with Crippen LogP contribution in [-0.4, -0.2) is 50.1 Å². The van der Waals surface area contributed by atoms with Crippen molar-refractivity contribution in [1.29, 1.82) is 0 Å². The highest BCUT2D eigenvalue weighted by Crippen LogP contribution is 2.56. The van der Waals surface area contributed by atoms with E-state index in [2.05, 4.69) is 0 Å². The second-order valence-corrected chi connectivity index (χ2v) is 10.8. The first-order chi connectivity index (χ1) is 15.1. The van der Waals surface area contributed by atoms with Crippen LogP contribution in [0.25, 0.3) is 10.8 Å². The van der Waals surface area contributed by atoms with Gasteiger partial charge in [-0.15, -0.1) is 0 Å². The van der Waals surface area contributed by atoms with E-state index in [9.17, 15) is 28.2 Å². The molecule has 1 fully saturated rings. The third-order valence-corrected chi connectivity index (χ3v) is 9.15. The number of benzene rings is 2. The van der Waals surface area contributed by atoms with Gasteiger partial charge < -0.3 is 10.2 Å². The molecule has 0 aromatic heterocycles. The fourth-order valence-corrected chi connectivity index (χ4v) is 7.24. The van der Waals surface area contributed by atoms with Crippen molar-refractivity contribution in [2.24, 2.45) is 23.7 Å². The Kier molecular flexibility index (Phi) is 4.45. The highest BCUT2D eigenvalue weighted by Gasteiger charge is 2.61. The highest BCUT2D eigenvalue weighted by molar-refractivity contribution is 7.94. The molecule has 0 saturated heterocycles. The molecular formula is C23H24N2O6S. The first kappa shape index (κ1) is 21.0. The number of hydrogen-bond donors (Lipinski definition) is 2. The number of carboxylic acid groups (broad SMARTS) is 1. The number of carboxylic acids is 1. The number of rotatable bonds is 4. The number of aliphatic hydroxyl groups is 1. The number of nitrogens with zero attached hydrogens (tertiary/aromatic N) is 2. The molecule has 32 heavy (non-hydrogen) atoms. The molecule has 8 nitrogen and oxygen atoms in total. The predicted octanol–water partition coefficient (Wildman–Crippen LogP) is 2.18. The van der Waals surface area contributed by atoms with Gasteiger partial charge in [-0.2, -0.15) is 8.42 Å². The molecule has 9 heteroatoms. The summed E-state index contributed by atoms with van der Waals surface area (Å²) in [5.74, 6) is -3.61. The summed E-state index contributed by atoms with van der Waals surface area (Å²) in [7, 11) is -2.49. The second kappa shape index (κ2) is 6.79. The van der Waals surface area contributed by atoms with Gasteiger partial charge in [0, 0.05) is 23.9 Å².